The van der Waals surface area contributed by atoms with Gasteiger partial charge in [-0.3, -0.25) is 9.78 Å². The lowest BCUT2D eigenvalue weighted by Crippen LogP contribution is -2.12. The predicted molar refractivity (Wildman–Crippen MR) is 90.5 cm³/mol. The van der Waals surface area contributed by atoms with Gasteiger partial charge in [-0.1, -0.05) is 12.1 Å². The van der Waals surface area contributed by atoms with E-state index in [-0.39, 0.29) is 17.2 Å². The molecule has 0 aliphatic heterocycles. The zero-order valence-electron chi connectivity index (χ0n) is 10.9. The Labute approximate surface area is 135 Å². The second-order valence-electron chi connectivity index (χ2n) is 4.52. The number of aromatic nitrogens is 1. The van der Waals surface area contributed by atoms with Crippen molar-refractivity contribution in [2.45, 2.75) is 0 Å². The number of phenols is 1. The van der Waals surface area contributed by atoms with Crippen LogP contribution in [-0.2, 0) is 0 Å². The molecule has 5 heteroatoms. The third-order valence-electron chi connectivity index (χ3n) is 3.14. The molecule has 3 rings (SSSR count). The van der Waals surface area contributed by atoms with Gasteiger partial charge in [0.2, 0.25) is 0 Å². The van der Waals surface area contributed by atoms with Crippen LogP contribution < -0.4 is 5.32 Å². The average Bonchev–Trinajstić information content (AvgIpc) is 2.50. The number of carbonyl (C=O) groups is 1. The molecule has 104 valence electrons. The minimum absolute atomic E-state index is 0.0359. The zero-order chi connectivity index (χ0) is 14.8. The Hall–Kier alpha value is -2.15. The van der Waals surface area contributed by atoms with Crippen LogP contribution in [0.3, 0.4) is 0 Å². The molecule has 0 saturated carbocycles. The summed E-state index contributed by atoms with van der Waals surface area (Å²) < 4.78 is 0.884. The lowest BCUT2D eigenvalue weighted by Gasteiger charge is -2.09. The van der Waals surface area contributed by atoms with Crippen LogP contribution >= 0.6 is 22.6 Å². The lowest BCUT2D eigenvalue weighted by atomic mass is 10.1. The second kappa shape index (κ2) is 5.69. The number of pyridine rings is 1. The highest BCUT2D eigenvalue weighted by atomic mass is 127. The van der Waals surface area contributed by atoms with Crippen molar-refractivity contribution in [3.8, 4) is 5.75 Å². The standard InChI is InChI=1S/C16H11IN2O2/c17-11-4-5-15(20)12(8-11)16(21)19-14-3-1-2-10-6-7-18-9-13(10)14/h1-9,20H,(H,19,21). The zero-order valence-corrected chi connectivity index (χ0v) is 13.0. The number of phenolic OH excluding ortho intramolecular Hbond substituents is 1. The van der Waals surface area contributed by atoms with E-state index >= 15 is 0 Å². The maximum atomic E-state index is 12.3. The molecule has 3 aromatic rings. The molecule has 0 aliphatic rings. The first-order chi connectivity index (χ1) is 10.1. The van der Waals surface area contributed by atoms with Crippen molar-refractivity contribution in [1.82, 2.24) is 4.98 Å². The van der Waals surface area contributed by atoms with Gasteiger partial charge in [-0.2, -0.15) is 0 Å². The lowest BCUT2D eigenvalue weighted by molar-refractivity contribution is 0.102. The van der Waals surface area contributed by atoms with Crippen LogP contribution in [0.2, 0.25) is 0 Å². The van der Waals surface area contributed by atoms with E-state index in [9.17, 15) is 9.90 Å². The van der Waals surface area contributed by atoms with Crippen molar-refractivity contribution in [2.24, 2.45) is 0 Å². The van der Waals surface area contributed by atoms with E-state index in [1.807, 2.05) is 24.3 Å². The molecule has 2 aromatic carbocycles. The molecule has 21 heavy (non-hydrogen) atoms. The third-order valence-corrected chi connectivity index (χ3v) is 3.81. The number of aromatic hydroxyl groups is 1. The number of fused-ring (bicyclic) bond motifs is 1. The molecular formula is C16H11IN2O2. The summed E-state index contributed by atoms with van der Waals surface area (Å²) in [5.41, 5.74) is 0.923. The van der Waals surface area contributed by atoms with Gasteiger partial charge in [0.25, 0.3) is 5.91 Å². The number of carbonyl (C=O) groups excluding carboxylic acids is 1. The number of nitrogens with one attached hydrogen (secondary N) is 1. The van der Waals surface area contributed by atoms with Crippen LogP contribution in [0.25, 0.3) is 10.8 Å². The number of anilines is 1. The molecule has 0 spiro atoms. The van der Waals surface area contributed by atoms with Crippen LogP contribution in [0, 0.1) is 3.57 Å². The Morgan fingerprint density at radius 1 is 1.19 bits per heavy atom. The van der Waals surface area contributed by atoms with E-state index in [1.165, 1.54) is 6.07 Å². The molecule has 0 radical (unpaired) electrons. The van der Waals surface area contributed by atoms with Crippen LogP contribution in [0.1, 0.15) is 10.4 Å². The monoisotopic (exact) mass is 390 g/mol. The number of rotatable bonds is 2. The van der Waals surface area contributed by atoms with Gasteiger partial charge in [0.1, 0.15) is 5.75 Å². The average molecular weight is 390 g/mol. The summed E-state index contributed by atoms with van der Waals surface area (Å²) in [5.74, 6) is -0.381. The number of benzene rings is 2. The summed E-state index contributed by atoms with van der Waals surface area (Å²) in [7, 11) is 0. The van der Waals surface area contributed by atoms with E-state index < -0.39 is 0 Å². The first-order valence-electron chi connectivity index (χ1n) is 6.28. The highest BCUT2D eigenvalue weighted by Gasteiger charge is 2.13. The summed E-state index contributed by atoms with van der Waals surface area (Å²) in [4.78, 5) is 16.4. The van der Waals surface area contributed by atoms with E-state index in [4.69, 9.17) is 0 Å². The quantitative estimate of drug-likeness (QED) is 0.655. The first-order valence-corrected chi connectivity index (χ1v) is 7.35. The predicted octanol–water partition coefficient (Wildman–Crippen LogP) is 3.80. The fourth-order valence-electron chi connectivity index (χ4n) is 2.10. The molecular weight excluding hydrogens is 379 g/mol. The summed E-state index contributed by atoms with van der Waals surface area (Å²) in [6.07, 6.45) is 3.42. The van der Waals surface area contributed by atoms with Gasteiger partial charge in [0.05, 0.1) is 11.3 Å². The minimum Gasteiger partial charge on any atom is -0.507 e. The summed E-state index contributed by atoms with van der Waals surface area (Å²) in [6, 6.07) is 12.4. The number of hydrogen-bond donors (Lipinski definition) is 2. The summed E-state index contributed by atoms with van der Waals surface area (Å²) >= 11 is 2.10. The van der Waals surface area contributed by atoms with E-state index in [0.717, 1.165) is 14.3 Å². The molecule has 0 unspecified atom stereocenters. The van der Waals surface area contributed by atoms with Gasteiger partial charge < -0.3 is 10.4 Å². The summed E-state index contributed by atoms with van der Waals surface area (Å²) in [6.45, 7) is 0. The number of amides is 1. The highest BCUT2D eigenvalue weighted by molar-refractivity contribution is 14.1. The van der Waals surface area contributed by atoms with E-state index in [2.05, 4.69) is 32.9 Å². The van der Waals surface area contributed by atoms with Crippen molar-refractivity contribution in [2.75, 3.05) is 5.32 Å². The normalized spacial score (nSPS) is 10.5. The molecule has 1 amide bonds. The Bertz CT molecular complexity index is 828. The minimum atomic E-state index is -0.345. The highest BCUT2D eigenvalue weighted by Crippen LogP contribution is 2.25. The van der Waals surface area contributed by atoms with E-state index in [1.54, 1.807) is 24.5 Å². The molecule has 4 nitrogen and oxygen atoms in total. The van der Waals surface area contributed by atoms with Crippen molar-refractivity contribution in [3.05, 3.63) is 64.0 Å². The third kappa shape index (κ3) is 2.82. The summed E-state index contributed by atoms with van der Waals surface area (Å²) in [5, 5.41) is 14.5. The van der Waals surface area contributed by atoms with Gasteiger partial charge in [-0.15, -0.1) is 0 Å². The molecule has 1 aromatic heterocycles. The molecule has 0 atom stereocenters. The molecule has 0 bridgehead atoms. The maximum absolute atomic E-state index is 12.3. The number of nitrogens with zero attached hydrogens (tertiary/aromatic N) is 1. The number of halogens is 1. The Kier molecular flexibility index (Phi) is 3.74. The van der Waals surface area contributed by atoms with Crippen LogP contribution in [0.4, 0.5) is 5.69 Å². The molecule has 0 saturated heterocycles. The number of hydrogen-bond acceptors (Lipinski definition) is 3. The Morgan fingerprint density at radius 3 is 2.90 bits per heavy atom. The molecule has 0 aliphatic carbocycles. The van der Waals surface area contributed by atoms with Gasteiger partial charge in [-0.25, -0.2) is 0 Å². The van der Waals surface area contributed by atoms with Crippen LogP contribution in [0.5, 0.6) is 5.75 Å². The second-order valence-corrected chi connectivity index (χ2v) is 5.76. The fraction of sp³-hybridized carbons (Fsp3) is 0. The van der Waals surface area contributed by atoms with Crippen molar-refractivity contribution in [3.63, 3.8) is 0 Å². The largest absolute Gasteiger partial charge is 0.507 e. The van der Waals surface area contributed by atoms with Gasteiger partial charge in [-0.05, 0) is 58.3 Å². The molecule has 0 fully saturated rings. The van der Waals surface area contributed by atoms with Crippen molar-refractivity contribution in [1.29, 1.82) is 0 Å². The molecule has 1 heterocycles. The van der Waals surface area contributed by atoms with Crippen LogP contribution in [0.15, 0.2) is 54.9 Å². The fourth-order valence-corrected chi connectivity index (χ4v) is 2.59. The Balaban J connectivity index is 1.99. The van der Waals surface area contributed by atoms with Crippen molar-refractivity contribution < 1.29 is 9.90 Å². The maximum Gasteiger partial charge on any atom is 0.259 e. The molecule has 2 N–H and O–H groups in total. The topological polar surface area (TPSA) is 62.2 Å². The smallest absolute Gasteiger partial charge is 0.259 e. The first kappa shape index (κ1) is 13.8. The van der Waals surface area contributed by atoms with Crippen molar-refractivity contribution >= 4 is 45.0 Å². The Morgan fingerprint density at radius 2 is 2.05 bits per heavy atom. The van der Waals surface area contributed by atoms with Crippen LogP contribution in [-0.4, -0.2) is 16.0 Å². The SMILES string of the molecule is O=C(Nc1cccc2ccncc12)c1cc(I)ccc1O. The van der Waals surface area contributed by atoms with E-state index in [0.29, 0.717) is 5.69 Å². The van der Waals surface area contributed by atoms with Gasteiger partial charge in [0, 0.05) is 21.4 Å². The van der Waals surface area contributed by atoms with Gasteiger partial charge >= 0.3 is 0 Å². The van der Waals surface area contributed by atoms with Gasteiger partial charge in [0.15, 0.2) is 0 Å².